The van der Waals surface area contributed by atoms with Gasteiger partial charge in [0.15, 0.2) is 5.78 Å². The first-order chi connectivity index (χ1) is 9.15. The Labute approximate surface area is 113 Å². The summed E-state index contributed by atoms with van der Waals surface area (Å²) in [4.78, 5) is 15.9. The zero-order chi connectivity index (χ0) is 13.7. The van der Waals surface area contributed by atoms with Crippen molar-refractivity contribution < 1.29 is 4.79 Å². The summed E-state index contributed by atoms with van der Waals surface area (Å²) in [5.74, 6) is 6.60. The van der Waals surface area contributed by atoms with E-state index in [1.54, 1.807) is 23.3 Å². The number of imidazole rings is 1. The molecule has 0 saturated heterocycles. The lowest BCUT2D eigenvalue weighted by Gasteiger charge is -2.02. The van der Waals surface area contributed by atoms with E-state index in [1.165, 1.54) is 0 Å². The number of hydrogen-bond donors (Lipinski definition) is 0. The Morgan fingerprint density at radius 1 is 1.32 bits per heavy atom. The van der Waals surface area contributed by atoms with Gasteiger partial charge in [0.25, 0.3) is 0 Å². The molecule has 3 heteroatoms. The molecule has 2 aromatic rings. The van der Waals surface area contributed by atoms with Crippen LogP contribution >= 0.6 is 0 Å². The van der Waals surface area contributed by atoms with Crippen molar-refractivity contribution in [3.8, 4) is 11.8 Å². The fourth-order valence-electron chi connectivity index (χ4n) is 1.60. The Balaban J connectivity index is 2.06. The van der Waals surface area contributed by atoms with Crippen molar-refractivity contribution in [2.24, 2.45) is 5.92 Å². The van der Waals surface area contributed by atoms with E-state index in [0.717, 1.165) is 5.56 Å². The Morgan fingerprint density at radius 3 is 2.63 bits per heavy atom. The van der Waals surface area contributed by atoms with Crippen molar-refractivity contribution in [1.29, 1.82) is 0 Å². The maximum atomic E-state index is 12.0. The summed E-state index contributed by atoms with van der Waals surface area (Å²) in [7, 11) is 0. The maximum Gasteiger partial charge on any atom is 0.182 e. The van der Waals surface area contributed by atoms with Gasteiger partial charge in [-0.25, -0.2) is 4.98 Å². The van der Waals surface area contributed by atoms with Gasteiger partial charge in [0.1, 0.15) is 0 Å². The highest BCUT2D eigenvalue weighted by atomic mass is 16.1. The summed E-state index contributed by atoms with van der Waals surface area (Å²) in [6.45, 7) is 4.42. The van der Waals surface area contributed by atoms with Crippen LogP contribution in [0.1, 0.15) is 29.8 Å². The second kappa shape index (κ2) is 6.01. The van der Waals surface area contributed by atoms with Crippen LogP contribution in [0, 0.1) is 17.8 Å². The van der Waals surface area contributed by atoms with Crippen molar-refractivity contribution in [2.45, 2.75) is 20.4 Å². The normalized spacial score (nSPS) is 10.1. The number of nitrogens with zero attached hydrogens (tertiary/aromatic N) is 2. The summed E-state index contributed by atoms with van der Waals surface area (Å²) in [5, 5.41) is 0. The van der Waals surface area contributed by atoms with E-state index in [9.17, 15) is 4.79 Å². The number of carbonyl (C=O) groups excluding carboxylic acids is 1. The lowest BCUT2D eigenvalue weighted by atomic mass is 10.1. The number of ketones is 1. The SMILES string of the molecule is CC(C)C#Cc1ccc(C(=O)Cn2ccnc2)cc1. The van der Waals surface area contributed by atoms with Crippen LogP contribution in [-0.4, -0.2) is 15.3 Å². The summed E-state index contributed by atoms with van der Waals surface area (Å²) in [5.41, 5.74) is 1.64. The molecule has 0 bridgehead atoms. The van der Waals surface area contributed by atoms with Crippen LogP contribution in [0.2, 0.25) is 0 Å². The Kier molecular flexibility index (Phi) is 4.15. The fourth-order valence-corrected chi connectivity index (χ4v) is 1.60. The van der Waals surface area contributed by atoms with E-state index in [1.807, 2.05) is 24.3 Å². The molecule has 2 rings (SSSR count). The minimum atomic E-state index is 0.0707. The maximum absolute atomic E-state index is 12.0. The van der Waals surface area contributed by atoms with Crippen molar-refractivity contribution in [2.75, 3.05) is 0 Å². The van der Waals surface area contributed by atoms with E-state index in [2.05, 4.69) is 30.7 Å². The molecule has 0 aliphatic carbocycles. The van der Waals surface area contributed by atoms with Gasteiger partial charge in [-0.1, -0.05) is 37.8 Å². The summed E-state index contributed by atoms with van der Waals surface area (Å²) in [6.07, 6.45) is 5.08. The number of Topliss-reactive ketones (excluding diaryl/α,β-unsaturated/α-hetero) is 1. The van der Waals surface area contributed by atoms with Crippen LogP contribution in [0.3, 0.4) is 0 Å². The second-order valence-electron chi connectivity index (χ2n) is 4.66. The van der Waals surface area contributed by atoms with E-state index in [4.69, 9.17) is 0 Å². The third-order valence-corrected chi connectivity index (χ3v) is 2.60. The topological polar surface area (TPSA) is 34.9 Å². The molecule has 0 fully saturated rings. The van der Waals surface area contributed by atoms with Gasteiger partial charge < -0.3 is 4.57 Å². The Bertz CT molecular complexity index is 598. The lowest BCUT2D eigenvalue weighted by Crippen LogP contribution is -2.08. The highest BCUT2D eigenvalue weighted by Crippen LogP contribution is 2.06. The van der Waals surface area contributed by atoms with Crippen molar-refractivity contribution in [3.63, 3.8) is 0 Å². The molecule has 19 heavy (non-hydrogen) atoms. The van der Waals surface area contributed by atoms with E-state index < -0.39 is 0 Å². The molecular weight excluding hydrogens is 236 g/mol. The molecule has 0 atom stereocenters. The molecular formula is C16H16N2O. The molecule has 0 unspecified atom stereocenters. The van der Waals surface area contributed by atoms with Gasteiger partial charge in [0.2, 0.25) is 0 Å². The van der Waals surface area contributed by atoms with Crippen LogP contribution in [0.4, 0.5) is 0 Å². The molecule has 0 spiro atoms. The monoisotopic (exact) mass is 252 g/mol. The van der Waals surface area contributed by atoms with Gasteiger partial charge in [-0.3, -0.25) is 4.79 Å². The highest BCUT2D eigenvalue weighted by Gasteiger charge is 2.05. The van der Waals surface area contributed by atoms with E-state index >= 15 is 0 Å². The smallest absolute Gasteiger partial charge is 0.182 e. The standard InChI is InChI=1S/C16H16N2O/c1-13(2)3-4-14-5-7-15(8-6-14)16(19)11-18-10-9-17-12-18/h5-10,12-13H,11H2,1-2H3. The third-order valence-electron chi connectivity index (χ3n) is 2.60. The molecule has 1 aromatic carbocycles. The van der Waals surface area contributed by atoms with Crippen LogP contribution in [0.15, 0.2) is 43.0 Å². The zero-order valence-corrected chi connectivity index (χ0v) is 11.1. The first kappa shape index (κ1) is 13.1. The number of rotatable bonds is 3. The molecule has 0 aliphatic heterocycles. The van der Waals surface area contributed by atoms with Gasteiger partial charge in [-0.15, -0.1) is 0 Å². The van der Waals surface area contributed by atoms with Crippen LogP contribution < -0.4 is 0 Å². The van der Waals surface area contributed by atoms with Gasteiger partial charge in [0.05, 0.1) is 12.9 Å². The van der Waals surface area contributed by atoms with E-state index in [0.29, 0.717) is 18.0 Å². The first-order valence-electron chi connectivity index (χ1n) is 6.25. The molecule has 1 aromatic heterocycles. The van der Waals surface area contributed by atoms with Gasteiger partial charge in [0, 0.05) is 29.4 Å². The predicted molar refractivity (Wildman–Crippen MR) is 74.7 cm³/mol. The average Bonchev–Trinajstić information content (AvgIpc) is 2.89. The molecule has 0 radical (unpaired) electrons. The van der Waals surface area contributed by atoms with Crippen molar-refractivity contribution in [3.05, 3.63) is 54.1 Å². The lowest BCUT2D eigenvalue weighted by molar-refractivity contribution is 0.0972. The zero-order valence-electron chi connectivity index (χ0n) is 11.1. The van der Waals surface area contributed by atoms with Crippen LogP contribution in [0.5, 0.6) is 0 Å². The first-order valence-corrected chi connectivity index (χ1v) is 6.25. The van der Waals surface area contributed by atoms with E-state index in [-0.39, 0.29) is 5.78 Å². The number of benzene rings is 1. The average molecular weight is 252 g/mol. The van der Waals surface area contributed by atoms with Crippen LogP contribution in [-0.2, 0) is 6.54 Å². The largest absolute Gasteiger partial charge is 0.330 e. The van der Waals surface area contributed by atoms with Gasteiger partial charge >= 0.3 is 0 Å². The molecule has 3 nitrogen and oxygen atoms in total. The number of hydrogen-bond acceptors (Lipinski definition) is 2. The third kappa shape index (κ3) is 3.82. The minimum Gasteiger partial charge on any atom is -0.330 e. The molecule has 0 N–H and O–H groups in total. The molecule has 0 amide bonds. The van der Waals surface area contributed by atoms with Gasteiger partial charge in [-0.2, -0.15) is 0 Å². The predicted octanol–water partition coefficient (Wildman–Crippen LogP) is 2.77. The number of carbonyl (C=O) groups is 1. The Hall–Kier alpha value is -2.34. The molecule has 96 valence electrons. The van der Waals surface area contributed by atoms with Crippen molar-refractivity contribution in [1.82, 2.24) is 9.55 Å². The Morgan fingerprint density at radius 2 is 2.05 bits per heavy atom. The van der Waals surface area contributed by atoms with Gasteiger partial charge in [-0.05, 0) is 12.1 Å². The molecule has 0 aliphatic rings. The summed E-state index contributed by atoms with van der Waals surface area (Å²) >= 11 is 0. The number of aromatic nitrogens is 2. The summed E-state index contributed by atoms with van der Waals surface area (Å²) < 4.78 is 1.76. The fraction of sp³-hybridized carbons (Fsp3) is 0.250. The van der Waals surface area contributed by atoms with Crippen molar-refractivity contribution >= 4 is 5.78 Å². The second-order valence-corrected chi connectivity index (χ2v) is 4.66. The highest BCUT2D eigenvalue weighted by molar-refractivity contribution is 5.95. The van der Waals surface area contributed by atoms with Crippen LogP contribution in [0.25, 0.3) is 0 Å². The summed E-state index contributed by atoms with van der Waals surface area (Å²) in [6, 6.07) is 7.42. The quantitative estimate of drug-likeness (QED) is 0.622. The minimum absolute atomic E-state index is 0.0707. The molecule has 1 heterocycles. The molecule has 0 saturated carbocycles.